The molecule has 0 fully saturated rings. The average Bonchev–Trinajstić information content (AvgIpc) is 2.26. The van der Waals surface area contributed by atoms with Gasteiger partial charge < -0.3 is 9.47 Å². The molecule has 0 bridgehead atoms. The van der Waals surface area contributed by atoms with Crippen molar-refractivity contribution in [3.8, 4) is 0 Å². The van der Waals surface area contributed by atoms with Crippen LogP contribution in [-0.2, 0) is 14.3 Å². The second-order valence-electron chi connectivity index (χ2n) is 3.49. The number of carbonyl (C=O) groups is 1. The standard InChI is InChI=1S/C12H22O3/c1-5-7-8-10(3)11(9-15-6-2)12(13)14-4/h5-9H2,1-4H3. The lowest BCUT2D eigenvalue weighted by Gasteiger charge is -2.10. The molecule has 0 aromatic heterocycles. The molecule has 0 aliphatic carbocycles. The molecule has 0 aromatic carbocycles. The maximum atomic E-state index is 11.5. The first-order valence-corrected chi connectivity index (χ1v) is 5.52. The van der Waals surface area contributed by atoms with Gasteiger partial charge in [-0.1, -0.05) is 18.9 Å². The third kappa shape index (κ3) is 5.57. The molecule has 0 amide bonds. The van der Waals surface area contributed by atoms with E-state index in [9.17, 15) is 4.79 Å². The second-order valence-corrected chi connectivity index (χ2v) is 3.49. The minimum absolute atomic E-state index is 0.267. The largest absolute Gasteiger partial charge is 0.466 e. The Balaban J connectivity index is 4.49. The van der Waals surface area contributed by atoms with Gasteiger partial charge in [0.1, 0.15) is 0 Å². The molecule has 0 aliphatic rings. The van der Waals surface area contributed by atoms with Crippen molar-refractivity contribution in [1.82, 2.24) is 0 Å². The predicted molar refractivity (Wildman–Crippen MR) is 60.7 cm³/mol. The Bertz CT molecular complexity index is 219. The number of unbranched alkanes of at least 4 members (excludes halogenated alkanes) is 1. The molecular weight excluding hydrogens is 192 g/mol. The van der Waals surface area contributed by atoms with Crippen LogP contribution in [0.2, 0.25) is 0 Å². The lowest BCUT2D eigenvalue weighted by atomic mass is 10.0. The highest BCUT2D eigenvalue weighted by atomic mass is 16.5. The zero-order chi connectivity index (χ0) is 11.7. The highest BCUT2D eigenvalue weighted by Gasteiger charge is 2.12. The fourth-order valence-corrected chi connectivity index (χ4v) is 1.28. The highest BCUT2D eigenvalue weighted by molar-refractivity contribution is 5.89. The Morgan fingerprint density at radius 1 is 1.27 bits per heavy atom. The second kappa shape index (κ2) is 8.48. The van der Waals surface area contributed by atoms with E-state index in [4.69, 9.17) is 9.47 Å². The Morgan fingerprint density at radius 3 is 2.40 bits per heavy atom. The van der Waals surface area contributed by atoms with Crippen molar-refractivity contribution < 1.29 is 14.3 Å². The Morgan fingerprint density at radius 2 is 1.93 bits per heavy atom. The van der Waals surface area contributed by atoms with Gasteiger partial charge in [-0.2, -0.15) is 0 Å². The molecule has 0 unspecified atom stereocenters. The smallest absolute Gasteiger partial charge is 0.336 e. The van der Waals surface area contributed by atoms with Gasteiger partial charge in [-0.15, -0.1) is 0 Å². The van der Waals surface area contributed by atoms with Gasteiger partial charge in [-0.3, -0.25) is 0 Å². The summed E-state index contributed by atoms with van der Waals surface area (Å²) in [6.45, 7) is 6.99. The first-order chi connectivity index (χ1) is 7.17. The summed E-state index contributed by atoms with van der Waals surface area (Å²) in [5.74, 6) is -0.267. The zero-order valence-corrected chi connectivity index (χ0v) is 10.3. The molecule has 3 nitrogen and oxygen atoms in total. The Hall–Kier alpha value is -0.830. The van der Waals surface area contributed by atoms with Crippen LogP contribution >= 0.6 is 0 Å². The molecule has 0 heterocycles. The van der Waals surface area contributed by atoms with Gasteiger partial charge in [0, 0.05) is 6.61 Å². The summed E-state index contributed by atoms with van der Waals surface area (Å²) in [4.78, 5) is 11.5. The van der Waals surface area contributed by atoms with Crippen LogP contribution in [0.3, 0.4) is 0 Å². The van der Waals surface area contributed by atoms with Crippen LogP contribution in [0, 0.1) is 0 Å². The van der Waals surface area contributed by atoms with Crippen LogP contribution in [0.25, 0.3) is 0 Å². The van der Waals surface area contributed by atoms with E-state index < -0.39 is 0 Å². The molecule has 0 spiro atoms. The summed E-state index contributed by atoms with van der Waals surface area (Å²) < 4.78 is 9.99. The molecule has 0 saturated heterocycles. The van der Waals surface area contributed by atoms with Crippen LogP contribution in [0.5, 0.6) is 0 Å². The van der Waals surface area contributed by atoms with Gasteiger partial charge in [-0.05, 0) is 26.7 Å². The van der Waals surface area contributed by atoms with Gasteiger partial charge in [0.2, 0.25) is 0 Å². The SMILES string of the molecule is CCCCC(C)=C(COCC)C(=O)OC. The quantitative estimate of drug-likeness (QED) is 0.483. The van der Waals surface area contributed by atoms with Crippen molar-refractivity contribution >= 4 is 5.97 Å². The summed E-state index contributed by atoms with van der Waals surface area (Å²) >= 11 is 0. The average molecular weight is 214 g/mol. The molecule has 0 saturated carbocycles. The van der Waals surface area contributed by atoms with Gasteiger partial charge in [0.15, 0.2) is 0 Å². The monoisotopic (exact) mass is 214 g/mol. The molecule has 0 aromatic rings. The molecule has 3 heteroatoms. The molecule has 15 heavy (non-hydrogen) atoms. The van der Waals surface area contributed by atoms with Crippen LogP contribution in [0.1, 0.15) is 40.0 Å². The molecule has 0 rings (SSSR count). The van der Waals surface area contributed by atoms with Crippen LogP contribution in [-0.4, -0.2) is 26.3 Å². The number of allylic oxidation sites excluding steroid dienone is 1. The maximum Gasteiger partial charge on any atom is 0.336 e. The summed E-state index contributed by atoms with van der Waals surface area (Å²) in [5.41, 5.74) is 1.75. The third-order valence-electron chi connectivity index (χ3n) is 2.30. The topological polar surface area (TPSA) is 35.5 Å². The first kappa shape index (κ1) is 14.2. The molecule has 0 N–H and O–H groups in total. The van der Waals surface area contributed by atoms with E-state index >= 15 is 0 Å². The lowest BCUT2D eigenvalue weighted by Crippen LogP contribution is -2.13. The Kier molecular flexibility index (Phi) is 8.01. The number of methoxy groups -OCH3 is 1. The van der Waals surface area contributed by atoms with Crippen molar-refractivity contribution in [2.45, 2.75) is 40.0 Å². The van der Waals surface area contributed by atoms with E-state index in [2.05, 4.69) is 6.92 Å². The summed E-state index contributed by atoms with van der Waals surface area (Å²) in [5, 5.41) is 0. The van der Waals surface area contributed by atoms with Crippen molar-refractivity contribution in [2.75, 3.05) is 20.3 Å². The van der Waals surface area contributed by atoms with Crippen molar-refractivity contribution in [1.29, 1.82) is 0 Å². The summed E-state index contributed by atoms with van der Waals surface area (Å²) in [6.07, 6.45) is 3.16. The lowest BCUT2D eigenvalue weighted by molar-refractivity contribution is -0.136. The summed E-state index contributed by atoms with van der Waals surface area (Å²) in [6, 6.07) is 0. The highest BCUT2D eigenvalue weighted by Crippen LogP contribution is 2.13. The van der Waals surface area contributed by atoms with Gasteiger partial charge in [-0.25, -0.2) is 4.79 Å². The van der Waals surface area contributed by atoms with Gasteiger partial charge >= 0.3 is 5.97 Å². The number of esters is 1. The number of ether oxygens (including phenoxy) is 2. The van der Waals surface area contributed by atoms with E-state index in [-0.39, 0.29) is 5.97 Å². The summed E-state index contributed by atoms with van der Waals surface area (Å²) in [7, 11) is 1.40. The van der Waals surface area contributed by atoms with E-state index in [0.717, 1.165) is 24.8 Å². The molecule has 88 valence electrons. The fraction of sp³-hybridized carbons (Fsp3) is 0.750. The number of carbonyl (C=O) groups excluding carboxylic acids is 1. The minimum Gasteiger partial charge on any atom is -0.466 e. The zero-order valence-electron chi connectivity index (χ0n) is 10.3. The normalized spacial score (nSPS) is 12.3. The fourth-order valence-electron chi connectivity index (χ4n) is 1.28. The van der Waals surface area contributed by atoms with E-state index in [0.29, 0.717) is 18.8 Å². The third-order valence-corrected chi connectivity index (χ3v) is 2.30. The molecule has 0 atom stereocenters. The van der Waals surface area contributed by atoms with Crippen molar-refractivity contribution in [2.24, 2.45) is 0 Å². The first-order valence-electron chi connectivity index (χ1n) is 5.52. The van der Waals surface area contributed by atoms with Crippen LogP contribution in [0.4, 0.5) is 0 Å². The molecular formula is C12H22O3. The molecule has 0 radical (unpaired) electrons. The molecule has 0 aliphatic heterocycles. The van der Waals surface area contributed by atoms with E-state index in [1.807, 2.05) is 13.8 Å². The number of hydrogen-bond donors (Lipinski definition) is 0. The predicted octanol–water partition coefficient (Wildman–Crippen LogP) is 2.70. The number of rotatable bonds is 7. The van der Waals surface area contributed by atoms with Gasteiger partial charge in [0.25, 0.3) is 0 Å². The van der Waals surface area contributed by atoms with Crippen LogP contribution in [0.15, 0.2) is 11.1 Å². The van der Waals surface area contributed by atoms with Crippen LogP contribution < -0.4 is 0 Å². The minimum atomic E-state index is -0.267. The van der Waals surface area contributed by atoms with Crippen molar-refractivity contribution in [3.05, 3.63) is 11.1 Å². The maximum absolute atomic E-state index is 11.5. The van der Waals surface area contributed by atoms with Gasteiger partial charge in [0.05, 0.1) is 19.3 Å². The van der Waals surface area contributed by atoms with E-state index in [1.54, 1.807) is 0 Å². The Labute approximate surface area is 92.5 Å². The van der Waals surface area contributed by atoms with Crippen molar-refractivity contribution in [3.63, 3.8) is 0 Å². The van der Waals surface area contributed by atoms with E-state index in [1.165, 1.54) is 7.11 Å². The number of hydrogen-bond acceptors (Lipinski definition) is 3.